The Hall–Kier alpha value is -2.30. The summed E-state index contributed by atoms with van der Waals surface area (Å²) >= 11 is 0. The van der Waals surface area contributed by atoms with E-state index in [4.69, 9.17) is 0 Å². The number of aryl methyl sites for hydroxylation is 1. The molecule has 1 rings (SSSR count). The summed E-state index contributed by atoms with van der Waals surface area (Å²) in [4.78, 5) is 4.59. The summed E-state index contributed by atoms with van der Waals surface area (Å²) < 4.78 is 41.2. The van der Waals surface area contributed by atoms with E-state index in [9.17, 15) is 13.2 Å². The molecule has 5 heteroatoms. The van der Waals surface area contributed by atoms with Gasteiger partial charge in [-0.25, -0.2) is 13.2 Å². The zero-order valence-corrected chi connectivity index (χ0v) is 18.2. The molecule has 160 valence electrons. The third-order valence-corrected chi connectivity index (χ3v) is 4.32. The van der Waals surface area contributed by atoms with Gasteiger partial charge in [-0.3, -0.25) is 4.99 Å². The summed E-state index contributed by atoms with van der Waals surface area (Å²) in [5.41, 5.74) is 3.21. The Morgan fingerprint density at radius 3 is 2.55 bits per heavy atom. The third kappa shape index (κ3) is 8.71. The molecule has 0 aliphatic heterocycles. The number of hydrogen-bond donors (Lipinski definition) is 1. The number of nitrogens with one attached hydrogen (secondary N) is 1. The Bertz CT molecular complexity index is 775. The van der Waals surface area contributed by atoms with Crippen molar-refractivity contribution in [1.29, 1.82) is 0 Å². The van der Waals surface area contributed by atoms with Crippen LogP contribution in [0.4, 0.5) is 13.2 Å². The molecule has 29 heavy (non-hydrogen) atoms. The minimum Gasteiger partial charge on any atom is -0.389 e. The molecule has 0 aromatic heterocycles. The Morgan fingerprint density at radius 1 is 1.21 bits per heavy atom. The average molecular weight is 407 g/mol. The molecule has 0 aliphatic rings. The molecule has 0 atom stereocenters. The van der Waals surface area contributed by atoms with Gasteiger partial charge in [-0.05, 0) is 62.5 Å². The molecular weight excluding hydrogens is 373 g/mol. The Balaban J connectivity index is 3.43. The fraction of sp³-hybridized carbons (Fsp3) is 0.458. The maximum Gasteiger partial charge on any atom is 0.242 e. The van der Waals surface area contributed by atoms with Crippen molar-refractivity contribution < 1.29 is 13.2 Å². The number of hydrogen-bond acceptors (Lipinski definition) is 2. The van der Waals surface area contributed by atoms with E-state index in [2.05, 4.69) is 17.2 Å². The number of halogens is 3. The van der Waals surface area contributed by atoms with Gasteiger partial charge in [0.05, 0.1) is 12.3 Å². The van der Waals surface area contributed by atoms with Crippen molar-refractivity contribution in [2.75, 3.05) is 13.1 Å². The fourth-order valence-corrected chi connectivity index (χ4v) is 2.90. The van der Waals surface area contributed by atoms with Crippen LogP contribution in [0.1, 0.15) is 57.2 Å². The smallest absolute Gasteiger partial charge is 0.242 e. The maximum atomic E-state index is 14.9. The quantitative estimate of drug-likeness (QED) is 0.327. The fourth-order valence-electron chi connectivity index (χ4n) is 2.90. The van der Waals surface area contributed by atoms with Crippen LogP contribution in [0.2, 0.25) is 0 Å². The van der Waals surface area contributed by atoms with Gasteiger partial charge in [0.15, 0.2) is 0 Å². The highest BCUT2D eigenvalue weighted by molar-refractivity contribution is 6.13. The van der Waals surface area contributed by atoms with Crippen LogP contribution >= 0.6 is 0 Å². The normalized spacial score (nSPS) is 13.6. The van der Waals surface area contributed by atoms with Crippen molar-refractivity contribution in [2.45, 2.75) is 60.3 Å². The summed E-state index contributed by atoms with van der Waals surface area (Å²) in [5, 5.41) is 3.27. The van der Waals surface area contributed by atoms with E-state index in [1.54, 1.807) is 13.0 Å². The monoisotopic (exact) mass is 406 g/mol. The number of nitrogens with zero attached hydrogens (tertiary/aromatic N) is 1. The van der Waals surface area contributed by atoms with Crippen LogP contribution in [0.15, 0.2) is 52.7 Å². The predicted molar refractivity (Wildman–Crippen MR) is 117 cm³/mol. The molecule has 0 saturated heterocycles. The van der Waals surface area contributed by atoms with Gasteiger partial charge < -0.3 is 5.32 Å². The van der Waals surface area contributed by atoms with Crippen LogP contribution in [0.3, 0.4) is 0 Å². The van der Waals surface area contributed by atoms with E-state index in [1.807, 2.05) is 45.1 Å². The average Bonchev–Trinajstić information content (AvgIpc) is 2.64. The van der Waals surface area contributed by atoms with Crippen LogP contribution in [-0.4, -0.2) is 25.2 Å². The minimum atomic E-state index is -2.55. The minimum absolute atomic E-state index is 0.169. The third-order valence-electron chi connectivity index (χ3n) is 4.32. The van der Waals surface area contributed by atoms with Crippen molar-refractivity contribution in [1.82, 2.24) is 5.32 Å². The van der Waals surface area contributed by atoms with E-state index < -0.39 is 18.7 Å². The van der Waals surface area contributed by atoms with Crippen molar-refractivity contribution in [3.63, 3.8) is 0 Å². The highest BCUT2D eigenvalue weighted by Crippen LogP contribution is 2.23. The lowest BCUT2D eigenvalue weighted by atomic mass is 9.93. The topological polar surface area (TPSA) is 24.4 Å². The van der Waals surface area contributed by atoms with Crippen LogP contribution in [0.5, 0.6) is 0 Å². The zero-order valence-electron chi connectivity index (χ0n) is 18.2. The van der Waals surface area contributed by atoms with Crippen molar-refractivity contribution >= 4 is 5.71 Å². The predicted octanol–water partition coefficient (Wildman–Crippen LogP) is 6.55. The molecule has 2 nitrogen and oxygen atoms in total. The zero-order chi connectivity index (χ0) is 21.8. The molecular formula is C24H33F3N2. The first-order valence-corrected chi connectivity index (χ1v) is 10.2. The Labute approximate surface area is 173 Å². The molecule has 0 bridgehead atoms. The highest BCUT2D eigenvalue weighted by Gasteiger charge is 2.19. The molecule has 0 aliphatic carbocycles. The summed E-state index contributed by atoms with van der Waals surface area (Å²) in [5.74, 6) is -0.517. The van der Waals surface area contributed by atoms with E-state index >= 15 is 0 Å². The van der Waals surface area contributed by atoms with Crippen LogP contribution in [-0.2, 0) is 6.42 Å². The molecule has 0 fully saturated rings. The SMILES string of the molecule is CC/C=C\C=C(/C)C(=NC/C=C(\C)NCCC)c1c(F)cc(C)cc1CC(F)F. The van der Waals surface area contributed by atoms with Crippen molar-refractivity contribution in [3.8, 4) is 0 Å². The van der Waals surface area contributed by atoms with Gasteiger partial charge in [0, 0.05) is 24.2 Å². The molecule has 1 aromatic carbocycles. The number of allylic oxidation sites excluding steroid dienone is 5. The van der Waals surface area contributed by atoms with Gasteiger partial charge in [-0.1, -0.05) is 38.1 Å². The number of rotatable bonds is 11. The van der Waals surface area contributed by atoms with E-state index in [-0.39, 0.29) is 11.1 Å². The number of alkyl halides is 2. The molecule has 1 N–H and O–H groups in total. The molecule has 1 aromatic rings. The van der Waals surface area contributed by atoms with Gasteiger partial charge in [0.1, 0.15) is 5.82 Å². The first-order chi connectivity index (χ1) is 13.8. The molecule has 0 heterocycles. The first-order valence-electron chi connectivity index (χ1n) is 10.2. The Morgan fingerprint density at radius 2 is 1.93 bits per heavy atom. The standard InChI is InChI=1S/C24H33F3N2/c1-6-8-9-10-18(4)24(29-13-11-19(5)28-12-7-2)23-20(16-22(26)27)14-17(3)15-21(23)25/h8-11,14-15,22,28H,6-7,12-13,16H2,1-5H3/b9-8-,18-10+,19-11+,29-24?. The van der Waals surface area contributed by atoms with Gasteiger partial charge in [-0.2, -0.15) is 0 Å². The van der Waals surface area contributed by atoms with E-state index in [0.717, 1.165) is 30.7 Å². The molecule has 0 unspecified atom stereocenters. The summed E-state index contributed by atoms with van der Waals surface area (Å²) in [6.07, 6.45) is 6.45. The first kappa shape index (κ1) is 24.7. The number of aliphatic imine (C=N–C) groups is 1. The maximum absolute atomic E-state index is 14.9. The summed E-state index contributed by atoms with van der Waals surface area (Å²) in [6.45, 7) is 10.8. The summed E-state index contributed by atoms with van der Waals surface area (Å²) in [7, 11) is 0. The summed E-state index contributed by atoms with van der Waals surface area (Å²) in [6, 6.07) is 3.00. The van der Waals surface area contributed by atoms with Crippen molar-refractivity contribution in [3.05, 3.63) is 70.2 Å². The van der Waals surface area contributed by atoms with Crippen molar-refractivity contribution in [2.24, 2.45) is 4.99 Å². The lowest BCUT2D eigenvalue weighted by Crippen LogP contribution is -2.14. The van der Waals surface area contributed by atoms with Gasteiger partial charge >= 0.3 is 0 Å². The number of benzene rings is 1. The van der Waals surface area contributed by atoms with E-state index in [1.165, 1.54) is 6.07 Å². The lowest BCUT2D eigenvalue weighted by Gasteiger charge is -2.15. The highest BCUT2D eigenvalue weighted by atomic mass is 19.3. The largest absolute Gasteiger partial charge is 0.389 e. The van der Waals surface area contributed by atoms with Gasteiger partial charge in [-0.15, -0.1) is 0 Å². The lowest BCUT2D eigenvalue weighted by molar-refractivity contribution is 0.149. The second-order valence-electron chi connectivity index (χ2n) is 7.07. The van der Waals surface area contributed by atoms with E-state index in [0.29, 0.717) is 17.8 Å². The second kappa shape index (κ2) is 13.0. The molecule has 0 spiro atoms. The van der Waals surface area contributed by atoms with Crippen LogP contribution < -0.4 is 5.32 Å². The van der Waals surface area contributed by atoms with Crippen LogP contribution in [0, 0.1) is 12.7 Å². The Kier molecular flexibility index (Phi) is 11.1. The molecule has 0 radical (unpaired) electrons. The molecule has 0 amide bonds. The van der Waals surface area contributed by atoms with Gasteiger partial charge in [0.2, 0.25) is 6.43 Å². The van der Waals surface area contributed by atoms with Gasteiger partial charge in [0.25, 0.3) is 0 Å². The molecule has 0 saturated carbocycles. The van der Waals surface area contributed by atoms with Crippen LogP contribution in [0.25, 0.3) is 0 Å². The second-order valence-corrected chi connectivity index (χ2v) is 7.07.